The number of aryl methyl sites for hydroxylation is 1. The van der Waals surface area contributed by atoms with Gasteiger partial charge in [-0.15, -0.1) is 0 Å². The topological polar surface area (TPSA) is 32.7 Å². The van der Waals surface area contributed by atoms with Gasteiger partial charge in [-0.05, 0) is 44.4 Å². The molecule has 0 amide bonds. The van der Waals surface area contributed by atoms with E-state index in [2.05, 4.69) is 50.1 Å². The SMILES string of the molecule is CCc1ccc(C(O)C(C)N(C)C2CCOCC2)cc1. The van der Waals surface area contributed by atoms with Crippen LogP contribution in [0.3, 0.4) is 0 Å². The Morgan fingerprint density at radius 2 is 1.85 bits per heavy atom. The van der Waals surface area contributed by atoms with Crippen LogP contribution in [0.5, 0.6) is 0 Å². The molecular formula is C17H27NO2. The van der Waals surface area contributed by atoms with Crippen molar-refractivity contribution in [2.45, 2.75) is 51.3 Å². The highest BCUT2D eigenvalue weighted by molar-refractivity contribution is 5.25. The zero-order valence-electron chi connectivity index (χ0n) is 12.9. The van der Waals surface area contributed by atoms with Crippen LogP contribution in [0.2, 0.25) is 0 Å². The van der Waals surface area contributed by atoms with Gasteiger partial charge < -0.3 is 9.84 Å². The highest BCUT2D eigenvalue weighted by atomic mass is 16.5. The Morgan fingerprint density at radius 3 is 2.40 bits per heavy atom. The monoisotopic (exact) mass is 277 g/mol. The summed E-state index contributed by atoms with van der Waals surface area (Å²) in [6.07, 6.45) is 2.72. The van der Waals surface area contributed by atoms with E-state index in [1.54, 1.807) is 0 Å². The normalized spacial score (nSPS) is 20.1. The van der Waals surface area contributed by atoms with E-state index in [0.29, 0.717) is 6.04 Å². The Kier molecular flexibility index (Phi) is 5.58. The summed E-state index contributed by atoms with van der Waals surface area (Å²) in [6, 6.07) is 8.96. The molecule has 3 nitrogen and oxygen atoms in total. The van der Waals surface area contributed by atoms with Gasteiger partial charge in [-0.3, -0.25) is 4.90 Å². The van der Waals surface area contributed by atoms with Gasteiger partial charge in [-0.25, -0.2) is 0 Å². The first kappa shape index (κ1) is 15.5. The number of hydrogen-bond acceptors (Lipinski definition) is 3. The molecule has 1 fully saturated rings. The molecule has 0 aliphatic carbocycles. The van der Waals surface area contributed by atoms with Crippen molar-refractivity contribution < 1.29 is 9.84 Å². The van der Waals surface area contributed by atoms with Crippen LogP contribution < -0.4 is 0 Å². The Labute approximate surface area is 122 Å². The second-order valence-corrected chi connectivity index (χ2v) is 5.79. The Bertz CT molecular complexity index is 398. The molecule has 1 aromatic carbocycles. The number of benzene rings is 1. The second-order valence-electron chi connectivity index (χ2n) is 5.79. The number of aliphatic hydroxyl groups excluding tert-OH is 1. The van der Waals surface area contributed by atoms with E-state index in [1.165, 1.54) is 5.56 Å². The Hall–Kier alpha value is -0.900. The zero-order valence-corrected chi connectivity index (χ0v) is 12.9. The zero-order chi connectivity index (χ0) is 14.5. The van der Waals surface area contributed by atoms with E-state index in [-0.39, 0.29) is 6.04 Å². The van der Waals surface area contributed by atoms with Gasteiger partial charge in [-0.2, -0.15) is 0 Å². The summed E-state index contributed by atoms with van der Waals surface area (Å²) >= 11 is 0. The number of rotatable bonds is 5. The van der Waals surface area contributed by atoms with Crippen LogP contribution >= 0.6 is 0 Å². The van der Waals surface area contributed by atoms with E-state index in [9.17, 15) is 5.11 Å². The standard InChI is InChI=1S/C17H27NO2/c1-4-14-5-7-15(8-6-14)17(19)13(2)18(3)16-9-11-20-12-10-16/h5-8,13,16-17,19H,4,9-12H2,1-3H3. The van der Waals surface area contributed by atoms with Crippen molar-refractivity contribution >= 4 is 0 Å². The molecule has 112 valence electrons. The first-order valence-electron chi connectivity index (χ1n) is 7.70. The molecule has 0 radical (unpaired) electrons. The van der Waals surface area contributed by atoms with Gasteiger partial charge in [-0.1, -0.05) is 31.2 Å². The molecule has 1 heterocycles. The number of hydrogen-bond donors (Lipinski definition) is 1. The third kappa shape index (κ3) is 3.60. The van der Waals surface area contributed by atoms with Crippen molar-refractivity contribution in [1.29, 1.82) is 0 Å². The molecule has 0 bridgehead atoms. The predicted octanol–water partition coefficient (Wildman–Crippen LogP) is 2.78. The lowest BCUT2D eigenvalue weighted by Gasteiger charge is -2.37. The van der Waals surface area contributed by atoms with Gasteiger partial charge in [0.15, 0.2) is 0 Å². The lowest BCUT2D eigenvalue weighted by molar-refractivity contribution is -0.00197. The molecule has 2 unspecified atom stereocenters. The quantitative estimate of drug-likeness (QED) is 0.898. The van der Waals surface area contributed by atoms with Crippen LogP contribution in [-0.4, -0.2) is 42.4 Å². The number of nitrogens with zero attached hydrogens (tertiary/aromatic N) is 1. The maximum atomic E-state index is 10.6. The molecule has 1 N–H and O–H groups in total. The Morgan fingerprint density at radius 1 is 1.25 bits per heavy atom. The van der Waals surface area contributed by atoms with Gasteiger partial charge in [0, 0.05) is 25.3 Å². The fourth-order valence-corrected chi connectivity index (χ4v) is 2.88. The fourth-order valence-electron chi connectivity index (χ4n) is 2.88. The molecule has 0 spiro atoms. The molecule has 0 saturated carbocycles. The molecule has 1 aliphatic heterocycles. The van der Waals surface area contributed by atoms with Crippen LogP contribution in [0.15, 0.2) is 24.3 Å². The van der Waals surface area contributed by atoms with Crippen molar-refractivity contribution in [3.8, 4) is 0 Å². The lowest BCUT2D eigenvalue weighted by atomic mass is 9.98. The minimum atomic E-state index is -0.436. The summed E-state index contributed by atoms with van der Waals surface area (Å²) in [4.78, 5) is 2.31. The van der Waals surface area contributed by atoms with Crippen LogP contribution in [0.25, 0.3) is 0 Å². The fraction of sp³-hybridized carbons (Fsp3) is 0.647. The highest BCUT2D eigenvalue weighted by Gasteiger charge is 2.27. The summed E-state index contributed by atoms with van der Waals surface area (Å²) in [6.45, 7) is 5.92. The average molecular weight is 277 g/mol. The Balaban J connectivity index is 2.00. The second kappa shape index (κ2) is 7.21. The summed E-state index contributed by atoms with van der Waals surface area (Å²) in [5, 5.41) is 10.6. The average Bonchev–Trinajstić information content (AvgIpc) is 2.53. The van der Waals surface area contributed by atoms with Crippen LogP contribution in [-0.2, 0) is 11.2 Å². The molecule has 3 heteroatoms. The smallest absolute Gasteiger partial charge is 0.0942 e. The van der Waals surface area contributed by atoms with Crippen molar-refractivity contribution in [2.75, 3.05) is 20.3 Å². The van der Waals surface area contributed by atoms with Crippen molar-refractivity contribution in [1.82, 2.24) is 4.90 Å². The minimum absolute atomic E-state index is 0.116. The first-order chi connectivity index (χ1) is 9.63. The summed E-state index contributed by atoms with van der Waals surface area (Å²) < 4.78 is 5.41. The maximum absolute atomic E-state index is 10.6. The van der Waals surface area contributed by atoms with Gasteiger partial charge in [0.2, 0.25) is 0 Å². The molecule has 20 heavy (non-hydrogen) atoms. The van der Waals surface area contributed by atoms with Gasteiger partial charge in [0.25, 0.3) is 0 Å². The highest BCUT2D eigenvalue weighted by Crippen LogP contribution is 2.24. The molecule has 0 aromatic heterocycles. The lowest BCUT2D eigenvalue weighted by Crippen LogP contribution is -2.44. The summed E-state index contributed by atoms with van der Waals surface area (Å²) in [7, 11) is 2.12. The third-order valence-electron chi connectivity index (χ3n) is 4.60. The third-order valence-corrected chi connectivity index (χ3v) is 4.60. The van der Waals surface area contributed by atoms with E-state index < -0.39 is 6.10 Å². The number of ether oxygens (including phenoxy) is 1. The van der Waals surface area contributed by atoms with Gasteiger partial charge in [0.05, 0.1) is 6.10 Å². The molecule has 1 aromatic rings. The van der Waals surface area contributed by atoms with Crippen molar-refractivity contribution in [3.05, 3.63) is 35.4 Å². The molecule has 1 aliphatic rings. The van der Waals surface area contributed by atoms with E-state index in [1.807, 2.05) is 0 Å². The van der Waals surface area contributed by atoms with E-state index in [0.717, 1.165) is 38.0 Å². The van der Waals surface area contributed by atoms with Crippen molar-refractivity contribution in [3.63, 3.8) is 0 Å². The van der Waals surface area contributed by atoms with Crippen LogP contribution in [0, 0.1) is 0 Å². The van der Waals surface area contributed by atoms with E-state index >= 15 is 0 Å². The molecular weight excluding hydrogens is 250 g/mol. The number of aliphatic hydroxyl groups is 1. The summed E-state index contributed by atoms with van der Waals surface area (Å²) in [5.74, 6) is 0. The largest absolute Gasteiger partial charge is 0.387 e. The van der Waals surface area contributed by atoms with E-state index in [4.69, 9.17) is 4.74 Å². The van der Waals surface area contributed by atoms with Crippen LogP contribution in [0.1, 0.15) is 43.9 Å². The summed E-state index contributed by atoms with van der Waals surface area (Å²) in [5.41, 5.74) is 2.32. The van der Waals surface area contributed by atoms with Crippen molar-refractivity contribution in [2.24, 2.45) is 0 Å². The molecule has 1 saturated heterocycles. The first-order valence-corrected chi connectivity index (χ1v) is 7.70. The minimum Gasteiger partial charge on any atom is -0.387 e. The molecule has 2 rings (SSSR count). The van der Waals surface area contributed by atoms with Gasteiger partial charge >= 0.3 is 0 Å². The maximum Gasteiger partial charge on any atom is 0.0942 e. The number of likely N-dealkylation sites (N-methyl/N-ethyl adjacent to an activating group) is 1. The van der Waals surface area contributed by atoms with Crippen LogP contribution in [0.4, 0.5) is 0 Å². The molecule has 2 atom stereocenters. The van der Waals surface area contributed by atoms with Gasteiger partial charge in [0.1, 0.15) is 0 Å². The predicted molar refractivity (Wildman–Crippen MR) is 81.8 cm³/mol.